The van der Waals surface area contributed by atoms with Crippen LogP contribution in [0.15, 0.2) is 24.3 Å². The van der Waals surface area contributed by atoms with E-state index in [0.717, 1.165) is 25.7 Å². The third kappa shape index (κ3) is 4.77. The van der Waals surface area contributed by atoms with E-state index < -0.39 is 6.61 Å². The van der Waals surface area contributed by atoms with Gasteiger partial charge in [-0.25, -0.2) is 5.48 Å². The number of benzene rings is 1. The van der Waals surface area contributed by atoms with Crippen molar-refractivity contribution in [2.75, 3.05) is 0 Å². The van der Waals surface area contributed by atoms with Crippen molar-refractivity contribution in [3.05, 3.63) is 29.8 Å². The Morgan fingerprint density at radius 2 is 1.90 bits per heavy atom. The van der Waals surface area contributed by atoms with Crippen molar-refractivity contribution in [2.45, 2.75) is 44.8 Å². The van der Waals surface area contributed by atoms with Crippen LogP contribution in [0.2, 0.25) is 0 Å². The number of hydrogen-bond donors (Lipinski definition) is 1. The SMILES string of the molecule is O=C(Cc1ccc(OC(F)F)cc1)NOC1CCCC1. The molecule has 0 saturated heterocycles. The maximum Gasteiger partial charge on any atom is 0.387 e. The average Bonchev–Trinajstić information content (AvgIpc) is 2.91. The summed E-state index contributed by atoms with van der Waals surface area (Å²) in [5.41, 5.74) is 3.14. The minimum atomic E-state index is -2.84. The van der Waals surface area contributed by atoms with E-state index in [1.54, 1.807) is 12.1 Å². The lowest BCUT2D eigenvalue weighted by Gasteiger charge is -2.11. The lowest BCUT2D eigenvalue weighted by molar-refractivity contribution is -0.137. The zero-order valence-electron chi connectivity index (χ0n) is 11.0. The van der Waals surface area contributed by atoms with E-state index in [1.807, 2.05) is 0 Å². The molecule has 0 spiro atoms. The van der Waals surface area contributed by atoms with E-state index in [4.69, 9.17) is 4.84 Å². The average molecular weight is 285 g/mol. The van der Waals surface area contributed by atoms with Gasteiger partial charge in [0, 0.05) is 0 Å². The molecule has 0 atom stereocenters. The Bertz CT molecular complexity index is 431. The molecular weight excluding hydrogens is 268 g/mol. The largest absolute Gasteiger partial charge is 0.435 e. The Hall–Kier alpha value is -1.69. The molecule has 1 aliphatic carbocycles. The topological polar surface area (TPSA) is 47.6 Å². The van der Waals surface area contributed by atoms with Gasteiger partial charge in [-0.05, 0) is 30.5 Å². The highest BCUT2D eigenvalue weighted by Gasteiger charge is 2.16. The smallest absolute Gasteiger partial charge is 0.387 e. The zero-order valence-corrected chi connectivity index (χ0v) is 11.0. The number of ether oxygens (including phenoxy) is 1. The molecule has 0 aromatic heterocycles. The zero-order chi connectivity index (χ0) is 14.4. The molecule has 2 rings (SSSR count). The van der Waals surface area contributed by atoms with Crippen LogP contribution in [0.3, 0.4) is 0 Å². The Labute approximate surface area is 116 Å². The van der Waals surface area contributed by atoms with E-state index in [0.29, 0.717) is 5.56 Å². The Kier molecular flexibility index (Phi) is 5.29. The third-order valence-electron chi connectivity index (χ3n) is 3.15. The van der Waals surface area contributed by atoms with E-state index in [9.17, 15) is 13.6 Å². The first-order chi connectivity index (χ1) is 9.63. The van der Waals surface area contributed by atoms with Crippen LogP contribution in [0.5, 0.6) is 5.75 Å². The molecule has 1 aromatic rings. The summed E-state index contributed by atoms with van der Waals surface area (Å²) in [6, 6.07) is 5.97. The number of hydrogen-bond acceptors (Lipinski definition) is 3. The number of hydroxylamine groups is 1. The molecule has 1 aliphatic rings. The second-order valence-electron chi connectivity index (χ2n) is 4.75. The second kappa shape index (κ2) is 7.19. The van der Waals surface area contributed by atoms with E-state index in [2.05, 4.69) is 10.2 Å². The molecule has 1 saturated carbocycles. The quantitative estimate of drug-likeness (QED) is 0.818. The lowest BCUT2D eigenvalue weighted by Crippen LogP contribution is -2.29. The molecule has 0 aliphatic heterocycles. The number of carbonyl (C=O) groups is 1. The van der Waals surface area contributed by atoms with Gasteiger partial charge in [0.2, 0.25) is 5.91 Å². The van der Waals surface area contributed by atoms with Gasteiger partial charge in [-0.1, -0.05) is 25.0 Å². The lowest BCUT2D eigenvalue weighted by atomic mass is 10.1. The predicted octanol–water partition coefficient (Wildman–Crippen LogP) is 2.82. The van der Waals surface area contributed by atoms with Gasteiger partial charge < -0.3 is 4.74 Å². The summed E-state index contributed by atoms with van der Waals surface area (Å²) < 4.78 is 28.2. The molecule has 110 valence electrons. The van der Waals surface area contributed by atoms with Gasteiger partial charge >= 0.3 is 6.61 Å². The van der Waals surface area contributed by atoms with Crippen LogP contribution in [0.1, 0.15) is 31.2 Å². The monoisotopic (exact) mass is 285 g/mol. The summed E-state index contributed by atoms with van der Waals surface area (Å²) in [5, 5.41) is 0. The summed E-state index contributed by atoms with van der Waals surface area (Å²) in [7, 11) is 0. The van der Waals surface area contributed by atoms with Gasteiger partial charge in [0.1, 0.15) is 5.75 Å². The molecule has 0 unspecified atom stereocenters. The number of amides is 1. The first-order valence-electron chi connectivity index (χ1n) is 6.62. The normalized spacial score (nSPS) is 15.6. The molecule has 0 radical (unpaired) electrons. The first kappa shape index (κ1) is 14.7. The van der Waals surface area contributed by atoms with Gasteiger partial charge in [-0.2, -0.15) is 8.78 Å². The number of rotatable bonds is 6. The fourth-order valence-electron chi connectivity index (χ4n) is 2.17. The van der Waals surface area contributed by atoms with Crippen molar-refractivity contribution < 1.29 is 23.1 Å². The van der Waals surface area contributed by atoms with Crippen LogP contribution < -0.4 is 10.2 Å². The van der Waals surface area contributed by atoms with E-state index >= 15 is 0 Å². The van der Waals surface area contributed by atoms with Crippen LogP contribution in [0.25, 0.3) is 0 Å². The molecule has 1 aromatic carbocycles. The van der Waals surface area contributed by atoms with Crippen molar-refractivity contribution in [3.8, 4) is 5.75 Å². The van der Waals surface area contributed by atoms with Crippen molar-refractivity contribution in [2.24, 2.45) is 0 Å². The van der Waals surface area contributed by atoms with Crippen LogP contribution >= 0.6 is 0 Å². The maximum atomic E-state index is 12.0. The third-order valence-corrected chi connectivity index (χ3v) is 3.15. The van der Waals surface area contributed by atoms with Crippen molar-refractivity contribution in [3.63, 3.8) is 0 Å². The molecule has 0 heterocycles. The minimum absolute atomic E-state index is 0.0753. The van der Waals surface area contributed by atoms with Crippen LogP contribution in [0, 0.1) is 0 Å². The van der Waals surface area contributed by atoms with Crippen LogP contribution in [-0.4, -0.2) is 18.6 Å². The Morgan fingerprint density at radius 1 is 1.25 bits per heavy atom. The molecule has 1 N–H and O–H groups in total. The molecule has 1 amide bonds. The molecule has 0 bridgehead atoms. The van der Waals surface area contributed by atoms with Gasteiger partial charge in [-0.15, -0.1) is 0 Å². The summed E-state index contributed by atoms with van der Waals surface area (Å²) in [5.74, 6) is -0.175. The van der Waals surface area contributed by atoms with Crippen molar-refractivity contribution in [1.82, 2.24) is 5.48 Å². The fourth-order valence-corrected chi connectivity index (χ4v) is 2.17. The second-order valence-corrected chi connectivity index (χ2v) is 4.75. The maximum absolute atomic E-state index is 12.0. The predicted molar refractivity (Wildman–Crippen MR) is 68.3 cm³/mol. The summed E-state index contributed by atoms with van der Waals surface area (Å²) in [6.07, 6.45) is 4.46. The number of halogens is 2. The highest BCUT2D eigenvalue weighted by molar-refractivity contribution is 5.77. The van der Waals surface area contributed by atoms with Crippen molar-refractivity contribution in [1.29, 1.82) is 0 Å². The van der Waals surface area contributed by atoms with Gasteiger partial charge in [0.15, 0.2) is 0 Å². The standard InChI is InChI=1S/C14H17F2NO3/c15-14(16)19-11-7-5-10(6-8-11)9-13(18)17-20-12-3-1-2-4-12/h5-8,12,14H,1-4,9H2,(H,17,18). The van der Waals surface area contributed by atoms with E-state index in [1.165, 1.54) is 12.1 Å². The summed E-state index contributed by atoms with van der Waals surface area (Å²) in [4.78, 5) is 16.9. The molecule has 6 heteroatoms. The van der Waals surface area contributed by atoms with Gasteiger partial charge in [-0.3, -0.25) is 9.63 Å². The number of nitrogens with one attached hydrogen (secondary N) is 1. The highest BCUT2D eigenvalue weighted by Crippen LogP contribution is 2.20. The summed E-state index contributed by atoms with van der Waals surface area (Å²) >= 11 is 0. The van der Waals surface area contributed by atoms with Crippen LogP contribution in [0.4, 0.5) is 8.78 Å². The molecule has 1 fully saturated rings. The van der Waals surface area contributed by atoms with Crippen LogP contribution in [-0.2, 0) is 16.1 Å². The Morgan fingerprint density at radius 3 is 2.50 bits per heavy atom. The van der Waals surface area contributed by atoms with Crippen molar-refractivity contribution >= 4 is 5.91 Å². The Balaban J connectivity index is 1.75. The van der Waals surface area contributed by atoms with Gasteiger partial charge in [0.25, 0.3) is 0 Å². The van der Waals surface area contributed by atoms with Gasteiger partial charge in [0.05, 0.1) is 12.5 Å². The molecular formula is C14H17F2NO3. The number of alkyl halides is 2. The minimum Gasteiger partial charge on any atom is -0.435 e. The first-order valence-corrected chi connectivity index (χ1v) is 6.62. The highest BCUT2D eigenvalue weighted by atomic mass is 19.3. The van der Waals surface area contributed by atoms with E-state index in [-0.39, 0.29) is 24.2 Å². The summed E-state index contributed by atoms with van der Waals surface area (Å²) in [6.45, 7) is -2.84. The fraction of sp³-hybridized carbons (Fsp3) is 0.500. The molecule has 4 nitrogen and oxygen atoms in total. The number of carbonyl (C=O) groups excluding carboxylic acids is 1. The molecule has 20 heavy (non-hydrogen) atoms.